The van der Waals surface area contributed by atoms with Crippen molar-refractivity contribution in [2.24, 2.45) is 0 Å². The number of amides is 1. The van der Waals surface area contributed by atoms with Crippen LogP contribution in [0.5, 0.6) is 0 Å². The topological polar surface area (TPSA) is 42.0 Å². The van der Waals surface area contributed by atoms with Gasteiger partial charge in [0.1, 0.15) is 0 Å². The number of fused-ring (bicyclic) bond motifs is 1. The van der Waals surface area contributed by atoms with Crippen molar-refractivity contribution < 1.29 is 4.79 Å². The van der Waals surface area contributed by atoms with Gasteiger partial charge in [-0.1, -0.05) is 55.5 Å². The first-order valence-electron chi connectivity index (χ1n) is 8.35. The Morgan fingerprint density at radius 2 is 1.75 bits per heavy atom. The van der Waals surface area contributed by atoms with E-state index in [9.17, 15) is 4.79 Å². The molecule has 3 nitrogen and oxygen atoms in total. The Morgan fingerprint density at radius 1 is 1.08 bits per heavy atom. The number of nitrogens with one attached hydrogen (secondary N) is 1. The molecule has 0 aliphatic carbocycles. The van der Waals surface area contributed by atoms with Crippen LogP contribution in [0.4, 0.5) is 0 Å². The average Bonchev–Trinajstić information content (AvgIpc) is 2.61. The monoisotopic (exact) mass is 318 g/mol. The highest BCUT2D eigenvalue weighted by Gasteiger charge is 2.19. The van der Waals surface area contributed by atoms with Crippen molar-refractivity contribution in [2.45, 2.75) is 33.2 Å². The number of hydrogen-bond acceptors (Lipinski definition) is 2. The van der Waals surface area contributed by atoms with Crippen LogP contribution in [0.25, 0.3) is 10.9 Å². The third-order valence-corrected chi connectivity index (χ3v) is 4.45. The number of aromatic nitrogens is 1. The molecule has 1 unspecified atom stereocenters. The molecule has 0 bridgehead atoms. The van der Waals surface area contributed by atoms with Gasteiger partial charge in [-0.2, -0.15) is 0 Å². The lowest BCUT2D eigenvalue weighted by Gasteiger charge is -2.18. The summed E-state index contributed by atoms with van der Waals surface area (Å²) in [6.07, 6.45) is 0.811. The van der Waals surface area contributed by atoms with Crippen molar-refractivity contribution in [1.82, 2.24) is 10.3 Å². The fraction of sp³-hybridized carbons (Fsp3) is 0.238. The number of carbonyl (C=O) groups excluding carboxylic acids is 1. The van der Waals surface area contributed by atoms with Gasteiger partial charge in [-0.25, -0.2) is 0 Å². The third kappa shape index (κ3) is 3.02. The highest BCUT2D eigenvalue weighted by atomic mass is 16.1. The zero-order valence-electron chi connectivity index (χ0n) is 14.3. The van der Waals surface area contributed by atoms with Crippen molar-refractivity contribution in [3.63, 3.8) is 0 Å². The summed E-state index contributed by atoms with van der Waals surface area (Å²) in [5.41, 5.74) is 4.65. The zero-order valence-corrected chi connectivity index (χ0v) is 14.3. The first-order valence-corrected chi connectivity index (χ1v) is 8.35. The molecule has 122 valence electrons. The summed E-state index contributed by atoms with van der Waals surface area (Å²) in [6.45, 7) is 6.06. The molecule has 1 N–H and O–H groups in total. The van der Waals surface area contributed by atoms with Gasteiger partial charge in [0.2, 0.25) is 0 Å². The summed E-state index contributed by atoms with van der Waals surface area (Å²) >= 11 is 0. The number of benzene rings is 2. The number of para-hydroxylation sites is 1. The molecular weight excluding hydrogens is 296 g/mol. The molecule has 2 aromatic carbocycles. The molecule has 24 heavy (non-hydrogen) atoms. The van der Waals surface area contributed by atoms with E-state index >= 15 is 0 Å². The highest BCUT2D eigenvalue weighted by molar-refractivity contribution is 6.07. The molecule has 0 saturated carbocycles. The van der Waals surface area contributed by atoms with Crippen molar-refractivity contribution in [1.29, 1.82) is 0 Å². The van der Waals surface area contributed by atoms with Crippen LogP contribution in [-0.4, -0.2) is 10.9 Å². The Bertz CT molecular complexity index is 872. The Balaban J connectivity index is 2.02. The molecule has 3 rings (SSSR count). The molecule has 3 heteroatoms. The fourth-order valence-electron chi connectivity index (χ4n) is 3.09. The Kier molecular flexibility index (Phi) is 4.61. The molecule has 1 heterocycles. The molecule has 1 aromatic heterocycles. The molecular formula is C21H22N2O. The van der Waals surface area contributed by atoms with Gasteiger partial charge in [0.25, 0.3) is 5.91 Å². The second-order valence-corrected chi connectivity index (χ2v) is 6.04. The van der Waals surface area contributed by atoms with Crippen LogP contribution in [-0.2, 0) is 6.42 Å². The predicted octanol–water partition coefficient (Wildman–Crippen LogP) is 4.60. The van der Waals surface area contributed by atoms with E-state index in [2.05, 4.69) is 12.2 Å². The average molecular weight is 318 g/mol. The Hall–Kier alpha value is -2.68. The molecule has 0 aliphatic rings. The lowest BCUT2D eigenvalue weighted by molar-refractivity contribution is 0.0941. The van der Waals surface area contributed by atoms with Crippen LogP contribution < -0.4 is 5.32 Å². The summed E-state index contributed by atoms with van der Waals surface area (Å²) in [4.78, 5) is 17.7. The van der Waals surface area contributed by atoms with Gasteiger partial charge in [0.15, 0.2) is 0 Å². The van der Waals surface area contributed by atoms with Gasteiger partial charge in [0, 0.05) is 11.1 Å². The van der Waals surface area contributed by atoms with E-state index in [0.29, 0.717) is 0 Å². The van der Waals surface area contributed by atoms with Crippen LogP contribution in [0, 0.1) is 6.92 Å². The SMILES string of the molecule is CCc1nc2ccccc2c(C(=O)NC(C)c2ccccc2)c1C. The van der Waals surface area contributed by atoms with E-state index in [0.717, 1.165) is 39.7 Å². The maximum absolute atomic E-state index is 13.0. The molecule has 0 saturated heterocycles. The standard InChI is InChI=1S/C21H22N2O/c1-4-18-14(2)20(17-12-8-9-13-19(17)23-18)21(24)22-15(3)16-10-6-5-7-11-16/h5-13,15H,4H2,1-3H3,(H,22,24). The maximum atomic E-state index is 13.0. The summed E-state index contributed by atoms with van der Waals surface area (Å²) < 4.78 is 0. The van der Waals surface area contributed by atoms with Gasteiger partial charge in [-0.3, -0.25) is 9.78 Å². The molecule has 0 fully saturated rings. The van der Waals surface area contributed by atoms with Crippen molar-refractivity contribution in [3.8, 4) is 0 Å². The number of aryl methyl sites for hydroxylation is 1. The summed E-state index contributed by atoms with van der Waals surface area (Å²) in [7, 11) is 0. The van der Waals surface area contributed by atoms with Crippen LogP contribution in [0.15, 0.2) is 54.6 Å². The third-order valence-electron chi connectivity index (χ3n) is 4.45. The molecule has 1 atom stereocenters. The highest BCUT2D eigenvalue weighted by Crippen LogP contribution is 2.24. The molecule has 1 amide bonds. The smallest absolute Gasteiger partial charge is 0.252 e. The van der Waals surface area contributed by atoms with E-state index < -0.39 is 0 Å². The van der Waals surface area contributed by atoms with Gasteiger partial charge in [0.05, 0.1) is 17.1 Å². The van der Waals surface area contributed by atoms with Crippen molar-refractivity contribution in [2.75, 3.05) is 0 Å². The number of rotatable bonds is 4. The second kappa shape index (κ2) is 6.83. The van der Waals surface area contributed by atoms with Crippen molar-refractivity contribution >= 4 is 16.8 Å². The summed E-state index contributed by atoms with van der Waals surface area (Å²) in [5, 5.41) is 4.04. The molecule has 3 aromatic rings. The minimum Gasteiger partial charge on any atom is -0.345 e. The summed E-state index contributed by atoms with van der Waals surface area (Å²) in [6, 6.07) is 17.8. The van der Waals surface area contributed by atoms with Crippen LogP contribution >= 0.6 is 0 Å². The number of nitrogens with zero attached hydrogens (tertiary/aromatic N) is 1. The zero-order chi connectivity index (χ0) is 17.1. The van der Waals surface area contributed by atoms with E-state index in [-0.39, 0.29) is 11.9 Å². The predicted molar refractivity (Wildman–Crippen MR) is 98.2 cm³/mol. The molecule has 0 aliphatic heterocycles. The largest absolute Gasteiger partial charge is 0.345 e. The molecule has 0 spiro atoms. The van der Waals surface area contributed by atoms with Crippen molar-refractivity contribution in [3.05, 3.63) is 77.0 Å². The van der Waals surface area contributed by atoms with Crippen LogP contribution in [0.1, 0.15) is 47.1 Å². The van der Waals surface area contributed by atoms with Crippen LogP contribution in [0.3, 0.4) is 0 Å². The fourth-order valence-corrected chi connectivity index (χ4v) is 3.09. The first kappa shape index (κ1) is 16.2. The van der Waals surface area contributed by atoms with E-state index in [1.165, 1.54) is 0 Å². The number of carbonyl (C=O) groups is 1. The molecule has 0 radical (unpaired) electrons. The van der Waals surface area contributed by atoms with Gasteiger partial charge in [-0.05, 0) is 37.5 Å². The lowest BCUT2D eigenvalue weighted by atomic mass is 9.99. The van der Waals surface area contributed by atoms with Crippen LogP contribution in [0.2, 0.25) is 0 Å². The second-order valence-electron chi connectivity index (χ2n) is 6.04. The van der Waals surface area contributed by atoms with E-state index in [1.807, 2.05) is 68.4 Å². The number of hydrogen-bond donors (Lipinski definition) is 1. The summed E-state index contributed by atoms with van der Waals surface area (Å²) in [5.74, 6) is -0.0443. The van der Waals surface area contributed by atoms with Gasteiger partial charge >= 0.3 is 0 Å². The minimum absolute atomic E-state index is 0.0443. The maximum Gasteiger partial charge on any atom is 0.252 e. The van der Waals surface area contributed by atoms with E-state index in [1.54, 1.807) is 0 Å². The van der Waals surface area contributed by atoms with Gasteiger partial charge in [-0.15, -0.1) is 0 Å². The normalized spacial score (nSPS) is 12.1. The quantitative estimate of drug-likeness (QED) is 0.764. The first-order chi connectivity index (χ1) is 11.6. The Labute approximate surface area is 142 Å². The number of pyridine rings is 1. The minimum atomic E-state index is -0.0462. The van der Waals surface area contributed by atoms with Gasteiger partial charge < -0.3 is 5.32 Å². The lowest BCUT2D eigenvalue weighted by Crippen LogP contribution is -2.28. The Morgan fingerprint density at radius 3 is 2.46 bits per heavy atom. The van der Waals surface area contributed by atoms with E-state index in [4.69, 9.17) is 4.98 Å².